The molecule has 0 bridgehead atoms. The molecule has 108 valence electrons. The average molecular weight is 290 g/mol. The van der Waals surface area contributed by atoms with E-state index in [1.165, 1.54) is 0 Å². The summed E-state index contributed by atoms with van der Waals surface area (Å²) < 4.78 is 0. The lowest BCUT2D eigenvalue weighted by Crippen LogP contribution is -2.38. The van der Waals surface area contributed by atoms with Gasteiger partial charge in [0.1, 0.15) is 5.60 Å². The fourth-order valence-electron chi connectivity index (χ4n) is 2.28. The molecule has 2 unspecified atom stereocenters. The van der Waals surface area contributed by atoms with Gasteiger partial charge in [-0.05, 0) is 46.9 Å². The molecule has 0 aliphatic carbocycles. The molecule has 2 atom stereocenters. The summed E-state index contributed by atoms with van der Waals surface area (Å²) in [7, 11) is 0. The molecule has 2 rings (SSSR count). The molecule has 0 fully saturated rings. The number of thiophene rings is 1. The van der Waals surface area contributed by atoms with E-state index in [2.05, 4.69) is 30.2 Å². The summed E-state index contributed by atoms with van der Waals surface area (Å²) >= 11 is 1.61. The van der Waals surface area contributed by atoms with Gasteiger partial charge in [0.25, 0.3) is 0 Å². The highest BCUT2D eigenvalue weighted by Gasteiger charge is 2.26. The Balaban J connectivity index is 2.07. The van der Waals surface area contributed by atoms with Crippen LogP contribution in [0.3, 0.4) is 0 Å². The molecule has 0 spiro atoms. The average Bonchev–Trinajstić information content (AvgIpc) is 2.94. The molecule has 0 radical (unpaired) electrons. The van der Waals surface area contributed by atoms with Gasteiger partial charge in [0.2, 0.25) is 0 Å². The van der Waals surface area contributed by atoms with Crippen molar-refractivity contribution in [2.45, 2.75) is 32.4 Å². The standard InChI is InChI=1S/C16H22N2OS/c1-12(2)15(13-5-4-7-17-9-13)18-11-16(3,19)14-6-8-20-10-14/h4-10,12,15,18-19H,11H2,1-3H3. The number of aliphatic hydroxyl groups is 1. The molecule has 2 N–H and O–H groups in total. The normalized spacial score (nSPS) is 16.1. The van der Waals surface area contributed by atoms with Crippen LogP contribution in [0.25, 0.3) is 0 Å². The fourth-order valence-corrected chi connectivity index (χ4v) is 3.06. The van der Waals surface area contributed by atoms with E-state index in [0.717, 1.165) is 11.1 Å². The first kappa shape index (κ1) is 15.2. The van der Waals surface area contributed by atoms with Crippen molar-refractivity contribution in [2.24, 2.45) is 5.92 Å². The van der Waals surface area contributed by atoms with E-state index in [-0.39, 0.29) is 6.04 Å². The molecule has 0 amide bonds. The third-order valence-electron chi connectivity index (χ3n) is 3.52. The van der Waals surface area contributed by atoms with Crippen LogP contribution >= 0.6 is 11.3 Å². The molecule has 0 saturated heterocycles. The maximum absolute atomic E-state index is 10.6. The molecule has 0 aliphatic heterocycles. The summed E-state index contributed by atoms with van der Waals surface area (Å²) in [5.41, 5.74) is 1.27. The van der Waals surface area contributed by atoms with Gasteiger partial charge in [0.05, 0.1) is 0 Å². The number of nitrogens with one attached hydrogen (secondary N) is 1. The third kappa shape index (κ3) is 3.66. The second-order valence-electron chi connectivity index (χ2n) is 5.67. The van der Waals surface area contributed by atoms with Crippen LogP contribution in [0.15, 0.2) is 41.4 Å². The van der Waals surface area contributed by atoms with Crippen LogP contribution in [0.2, 0.25) is 0 Å². The van der Waals surface area contributed by atoms with Crippen LogP contribution < -0.4 is 5.32 Å². The van der Waals surface area contributed by atoms with Gasteiger partial charge in [0.15, 0.2) is 0 Å². The van der Waals surface area contributed by atoms with Gasteiger partial charge in [-0.25, -0.2) is 0 Å². The second-order valence-corrected chi connectivity index (χ2v) is 6.45. The van der Waals surface area contributed by atoms with Crippen LogP contribution in [0, 0.1) is 5.92 Å². The summed E-state index contributed by atoms with van der Waals surface area (Å²) in [6.45, 7) is 6.71. The van der Waals surface area contributed by atoms with Crippen LogP contribution in [0.5, 0.6) is 0 Å². The summed E-state index contributed by atoms with van der Waals surface area (Å²) in [5.74, 6) is 0.428. The molecule has 3 nitrogen and oxygen atoms in total. The number of pyridine rings is 1. The molecule has 2 heterocycles. The van der Waals surface area contributed by atoms with Gasteiger partial charge in [0, 0.05) is 25.0 Å². The highest BCUT2D eigenvalue weighted by Crippen LogP contribution is 2.25. The fraction of sp³-hybridized carbons (Fsp3) is 0.438. The number of aromatic nitrogens is 1. The van der Waals surface area contributed by atoms with Crippen molar-refractivity contribution in [3.63, 3.8) is 0 Å². The molecule has 0 saturated carbocycles. The maximum Gasteiger partial charge on any atom is 0.100 e. The van der Waals surface area contributed by atoms with Gasteiger partial charge in [-0.3, -0.25) is 4.98 Å². The maximum atomic E-state index is 10.6. The van der Waals surface area contributed by atoms with E-state index in [0.29, 0.717) is 12.5 Å². The zero-order valence-electron chi connectivity index (χ0n) is 12.2. The zero-order chi connectivity index (χ0) is 14.6. The third-order valence-corrected chi connectivity index (χ3v) is 4.20. The Hall–Kier alpha value is -1.23. The molecular weight excluding hydrogens is 268 g/mol. The summed E-state index contributed by atoms with van der Waals surface area (Å²) in [6.07, 6.45) is 3.67. The first-order valence-corrected chi connectivity index (χ1v) is 7.83. The van der Waals surface area contributed by atoms with Gasteiger partial charge in [-0.15, -0.1) is 0 Å². The summed E-state index contributed by atoms with van der Waals surface area (Å²) in [6, 6.07) is 6.18. The lowest BCUT2D eigenvalue weighted by Gasteiger charge is -2.29. The molecule has 0 aromatic carbocycles. The topological polar surface area (TPSA) is 45.1 Å². The highest BCUT2D eigenvalue weighted by atomic mass is 32.1. The van der Waals surface area contributed by atoms with Gasteiger partial charge in [-0.1, -0.05) is 19.9 Å². The summed E-state index contributed by atoms with van der Waals surface area (Å²) in [4.78, 5) is 4.18. The number of hydrogen-bond donors (Lipinski definition) is 2. The first-order valence-electron chi connectivity index (χ1n) is 6.89. The Labute approximate surface area is 124 Å². The minimum atomic E-state index is -0.852. The van der Waals surface area contributed by atoms with E-state index in [1.54, 1.807) is 17.5 Å². The summed E-state index contributed by atoms with van der Waals surface area (Å²) in [5, 5.41) is 18.0. The number of hydrogen-bond acceptors (Lipinski definition) is 4. The molecule has 20 heavy (non-hydrogen) atoms. The van der Waals surface area contributed by atoms with Crippen molar-refractivity contribution in [2.75, 3.05) is 6.54 Å². The largest absolute Gasteiger partial charge is 0.384 e. The van der Waals surface area contributed by atoms with Crippen molar-refractivity contribution >= 4 is 11.3 Å². The Morgan fingerprint density at radius 3 is 2.75 bits per heavy atom. The SMILES string of the molecule is CC(C)C(NCC(C)(O)c1ccsc1)c1cccnc1. The van der Waals surface area contributed by atoms with Gasteiger partial charge >= 0.3 is 0 Å². The Morgan fingerprint density at radius 1 is 1.40 bits per heavy atom. The molecule has 2 aromatic rings. The van der Waals surface area contributed by atoms with E-state index >= 15 is 0 Å². The van der Waals surface area contributed by atoms with Crippen molar-refractivity contribution in [3.05, 3.63) is 52.5 Å². The van der Waals surface area contributed by atoms with Gasteiger partial charge in [-0.2, -0.15) is 11.3 Å². The van der Waals surface area contributed by atoms with Crippen LogP contribution in [0.1, 0.15) is 37.9 Å². The predicted molar refractivity (Wildman–Crippen MR) is 83.7 cm³/mol. The van der Waals surface area contributed by atoms with Crippen LogP contribution in [-0.4, -0.2) is 16.6 Å². The minimum Gasteiger partial charge on any atom is -0.384 e. The van der Waals surface area contributed by atoms with Crippen molar-refractivity contribution in [3.8, 4) is 0 Å². The molecule has 2 aromatic heterocycles. The number of rotatable bonds is 6. The van der Waals surface area contributed by atoms with E-state index in [4.69, 9.17) is 0 Å². The second kappa shape index (κ2) is 6.48. The molecular formula is C16H22N2OS. The Kier molecular flexibility index (Phi) is 4.91. The quantitative estimate of drug-likeness (QED) is 0.857. The molecule has 4 heteroatoms. The lowest BCUT2D eigenvalue weighted by molar-refractivity contribution is 0.0523. The zero-order valence-corrected chi connectivity index (χ0v) is 13.0. The van der Waals surface area contributed by atoms with Crippen LogP contribution in [0.4, 0.5) is 0 Å². The monoisotopic (exact) mass is 290 g/mol. The lowest BCUT2D eigenvalue weighted by atomic mass is 9.94. The first-order chi connectivity index (χ1) is 9.50. The predicted octanol–water partition coefficient (Wildman–Crippen LogP) is 3.34. The van der Waals surface area contributed by atoms with Crippen LogP contribution in [-0.2, 0) is 5.60 Å². The van der Waals surface area contributed by atoms with Crippen molar-refractivity contribution in [1.82, 2.24) is 10.3 Å². The van der Waals surface area contributed by atoms with E-state index in [9.17, 15) is 5.11 Å². The van der Waals surface area contributed by atoms with E-state index in [1.807, 2.05) is 36.0 Å². The number of nitrogens with zero attached hydrogens (tertiary/aromatic N) is 1. The van der Waals surface area contributed by atoms with Crippen molar-refractivity contribution < 1.29 is 5.11 Å². The highest BCUT2D eigenvalue weighted by molar-refractivity contribution is 7.08. The Morgan fingerprint density at radius 2 is 2.20 bits per heavy atom. The molecule has 0 aliphatic rings. The minimum absolute atomic E-state index is 0.189. The van der Waals surface area contributed by atoms with E-state index < -0.39 is 5.60 Å². The Bertz CT molecular complexity index is 509. The smallest absolute Gasteiger partial charge is 0.100 e. The van der Waals surface area contributed by atoms with Gasteiger partial charge < -0.3 is 10.4 Å². The van der Waals surface area contributed by atoms with Crippen molar-refractivity contribution in [1.29, 1.82) is 0 Å².